The van der Waals surface area contributed by atoms with Crippen molar-refractivity contribution in [2.75, 3.05) is 39.8 Å². The monoisotopic (exact) mass is 555 g/mol. The molecule has 0 bridgehead atoms. The van der Waals surface area contributed by atoms with E-state index in [1.165, 1.54) is 31.7 Å². The van der Waals surface area contributed by atoms with Gasteiger partial charge in [-0.25, -0.2) is 4.79 Å². The summed E-state index contributed by atoms with van der Waals surface area (Å²) in [5.41, 5.74) is 2.06. The number of rotatable bonds is 12. The van der Waals surface area contributed by atoms with Gasteiger partial charge in [0.15, 0.2) is 22.7 Å². The Labute approximate surface area is 234 Å². The summed E-state index contributed by atoms with van der Waals surface area (Å²) < 4.78 is 21.7. The second-order valence-electron chi connectivity index (χ2n) is 8.87. The highest BCUT2D eigenvalue weighted by Gasteiger charge is 2.31. The quantitative estimate of drug-likeness (QED) is 0.214. The molecular formula is C29H49NO7S. The highest BCUT2D eigenvalue weighted by Crippen LogP contribution is 2.39. The maximum absolute atomic E-state index is 11.3. The predicted molar refractivity (Wildman–Crippen MR) is 156 cm³/mol. The van der Waals surface area contributed by atoms with Gasteiger partial charge in [-0.15, -0.1) is 0 Å². The Morgan fingerprint density at radius 2 is 1.71 bits per heavy atom. The Kier molecular flexibility index (Phi) is 19.3. The fourth-order valence-corrected chi connectivity index (χ4v) is 4.13. The average molecular weight is 556 g/mol. The minimum Gasteiger partial charge on any atom is -0.497 e. The summed E-state index contributed by atoms with van der Waals surface area (Å²) in [7, 11) is 3.61. The summed E-state index contributed by atoms with van der Waals surface area (Å²) in [6.45, 7) is 15.9. The third-order valence-electron chi connectivity index (χ3n) is 5.82. The number of likely N-dealkylation sites (N-methyl/N-ethyl adjacent to an activating group) is 1. The molecule has 1 aliphatic rings. The van der Waals surface area contributed by atoms with Gasteiger partial charge in [0, 0.05) is 19.4 Å². The number of carbonyl (C=O) groups excluding carboxylic acids is 1. The molecule has 218 valence electrons. The van der Waals surface area contributed by atoms with Gasteiger partial charge in [0.2, 0.25) is 6.79 Å². The number of benzene rings is 1. The first-order valence-corrected chi connectivity index (χ1v) is 14.4. The van der Waals surface area contributed by atoms with Crippen molar-refractivity contribution in [1.29, 1.82) is 0 Å². The van der Waals surface area contributed by atoms with Crippen LogP contribution in [0.25, 0.3) is 0 Å². The molecule has 1 N–H and O–H groups in total. The number of ether oxygens (including phenoxy) is 4. The fourth-order valence-electron chi connectivity index (χ4n) is 3.72. The molecule has 2 atom stereocenters. The summed E-state index contributed by atoms with van der Waals surface area (Å²) in [6, 6.07) is 3.93. The lowest BCUT2D eigenvalue weighted by Gasteiger charge is -2.27. The number of thioether (sulfide) groups is 1. The first-order chi connectivity index (χ1) is 18.1. The topological polar surface area (TPSA) is 94.5 Å². The molecular weight excluding hydrogens is 506 g/mol. The van der Waals surface area contributed by atoms with Gasteiger partial charge in [0.1, 0.15) is 5.76 Å². The van der Waals surface area contributed by atoms with Crippen molar-refractivity contribution in [2.45, 2.75) is 86.2 Å². The Balaban J connectivity index is 0.00000116. The van der Waals surface area contributed by atoms with Crippen molar-refractivity contribution < 1.29 is 33.6 Å². The van der Waals surface area contributed by atoms with Crippen LogP contribution in [0.4, 0.5) is 4.79 Å². The van der Waals surface area contributed by atoms with E-state index in [1.54, 1.807) is 19.9 Å². The van der Waals surface area contributed by atoms with Crippen LogP contribution in [0.5, 0.6) is 11.5 Å². The zero-order valence-electron chi connectivity index (χ0n) is 24.8. The Morgan fingerprint density at radius 3 is 2.13 bits per heavy atom. The molecule has 8 nitrogen and oxygen atoms in total. The van der Waals surface area contributed by atoms with E-state index >= 15 is 0 Å². The highest BCUT2D eigenvalue weighted by atomic mass is 32.2. The molecule has 0 amide bonds. The molecule has 1 heterocycles. The van der Waals surface area contributed by atoms with Crippen LogP contribution >= 0.6 is 11.8 Å². The normalized spacial score (nSPS) is 13.5. The summed E-state index contributed by atoms with van der Waals surface area (Å²) in [5, 5.41) is 9.43. The van der Waals surface area contributed by atoms with Crippen LogP contribution in [0.15, 0.2) is 24.0 Å². The number of hydrogen-bond donors (Lipinski definition) is 1. The van der Waals surface area contributed by atoms with Crippen LogP contribution in [-0.2, 0) is 20.7 Å². The molecule has 2 unspecified atom stereocenters. The molecule has 1 aromatic rings. The molecule has 0 radical (unpaired) electrons. The maximum atomic E-state index is 11.3. The second kappa shape index (κ2) is 20.6. The number of fused-ring (bicyclic) bond motifs is 1. The van der Waals surface area contributed by atoms with E-state index in [0.717, 1.165) is 48.6 Å². The van der Waals surface area contributed by atoms with Gasteiger partial charge >= 0.3 is 6.16 Å². The SMILES string of the molecule is C/C=C(/OC)C(OC(=O)O)C(C)c1cc2c(cc1CCN(C)CCC)OCO2.CCCC.CCSC(C)=O. The van der Waals surface area contributed by atoms with Crippen molar-refractivity contribution in [2.24, 2.45) is 0 Å². The molecule has 0 saturated heterocycles. The number of unbranched alkanes of at least 4 members (excludes halogenated alkanes) is 1. The van der Waals surface area contributed by atoms with Crippen molar-refractivity contribution in [3.05, 3.63) is 35.1 Å². The van der Waals surface area contributed by atoms with Gasteiger partial charge in [0.05, 0.1) is 7.11 Å². The smallest absolute Gasteiger partial charge is 0.497 e. The van der Waals surface area contributed by atoms with Crippen molar-refractivity contribution in [3.8, 4) is 11.5 Å². The van der Waals surface area contributed by atoms with Crippen molar-refractivity contribution in [1.82, 2.24) is 4.90 Å². The lowest BCUT2D eigenvalue weighted by molar-refractivity contribution is -0.109. The van der Waals surface area contributed by atoms with Crippen LogP contribution in [0.3, 0.4) is 0 Å². The lowest BCUT2D eigenvalue weighted by Crippen LogP contribution is -2.28. The van der Waals surface area contributed by atoms with Gasteiger partial charge in [0.25, 0.3) is 0 Å². The zero-order chi connectivity index (χ0) is 29.1. The van der Waals surface area contributed by atoms with Crippen LogP contribution in [-0.4, -0.2) is 67.2 Å². The van der Waals surface area contributed by atoms with E-state index < -0.39 is 12.3 Å². The van der Waals surface area contributed by atoms with E-state index in [2.05, 4.69) is 32.7 Å². The van der Waals surface area contributed by atoms with E-state index in [1.807, 2.05) is 26.0 Å². The molecule has 0 aromatic heterocycles. The van der Waals surface area contributed by atoms with Gasteiger partial charge in [-0.2, -0.15) is 0 Å². The van der Waals surface area contributed by atoms with Crippen molar-refractivity contribution >= 4 is 23.0 Å². The summed E-state index contributed by atoms with van der Waals surface area (Å²) in [4.78, 5) is 23.6. The largest absolute Gasteiger partial charge is 0.506 e. The molecule has 1 aliphatic heterocycles. The molecule has 0 fully saturated rings. The number of allylic oxidation sites excluding steroid dienone is 1. The van der Waals surface area contributed by atoms with Crippen LogP contribution in [0, 0.1) is 0 Å². The minimum atomic E-state index is -1.33. The molecule has 0 spiro atoms. The third kappa shape index (κ3) is 13.4. The Morgan fingerprint density at radius 1 is 1.11 bits per heavy atom. The second-order valence-corrected chi connectivity index (χ2v) is 10.3. The van der Waals surface area contributed by atoms with Crippen LogP contribution < -0.4 is 9.47 Å². The van der Waals surface area contributed by atoms with E-state index in [0.29, 0.717) is 11.5 Å². The predicted octanol–water partition coefficient (Wildman–Crippen LogP) is 7.11. The van der Waals surface area contributed by atoms with Gasteiger partial charge in [-0.1, -0.05) is 59.2 Å². The Hall–Kier alpha value is -2.39. The van der Waals surface area contributed by atoms with Gasteiger partial charge in [-0.05, 0) is 68.4 Å². The third-order valence-corrected chi connectivity index (χ3v) is 6.52. The first-order valence-electron chi connectivity index (χ1n) is 13.4. The number of carbonyl (C=O) groups is 2. The van der Waals surface area contributed by atoms with Gasteiger partial charge < -0.3 is 29.0 Å². The van der Waals surface area contributed by atoms with Crippen LogP contribution in [0.2, 0.25) is 0 Å². The molecule has 0 saturated carbocycles. The molecule has 38 heavy (non-hydrogen) atoms. The number of nitrogens with zero attached hydrogens (tertiary/aromatic N) is 1. The maximum Gasteiger partial charge on any atom is 0.506 e. The molecule has 1 aromatic carbocycles. The highest BCUT2D eigenvalue weighted by molar-refractivity contribution is 8.13. The van der Waals surface area contributed by atoms with Crippen LogP contribution in [0.1, 0.15) is 84.8 Å². The Bertz CT molecular complexity index is 858. The zero-order valence-corrected chi connectivity index (χ0v) is 25.6. The molecule has 2 rings (SSSR count). The first kappa shape index (κ1) is 35.6. The van der Waals surface area contributed by atoms with E-state index in [-0.39, 0.29) is 17.8 Å². The summed E-state index contributed by atoms with van der Waals surface area (Å²) in [6.07, 6.45) is 4.18. The van der Waals surface area contributed by atoms with E-state index in [4.69, 9.17) is 18.9 Å². The minimum absolute atomic E-state index is 0.190. The van der Waals surface area contributed by atoms with E-state index in [9.17, 15) is 14.7 Å². The summed E-state index contributed by atoms with van der Waals surface area (Å²) in [5.74, 6) is 2.50. The number of carboxylic acid groups (broad SMARTS) is 1. The number of hydrogen-bond acceptors (Lipinski definition) is 8. The standard InChI is InChI=1S/C21H31NO6.C4H8OS.C4H10/c1-6-9-22(4)10-8-15-11-18-19(27-13-26-18)12-16(15)14(3)20(28-21(23)24)17(7-2)25-5;1-3-6-4(2)5;1-3-4-2/h7,11-12,14,20H,6,8-10,13H2,1-5H3,(H,23,24);3H2,1-2H3;3-4H2,1-2H3/b17-7+;;. The van der Waals surface area contributed by atoms with Gasteiger partial charge in [-0.3, -0.25) is 4.79 Å². The summed E-state index contributed by atoms with van der Waals surface area (Å²) >= 11 is 1.35. The molecule has 0 aliphatic carbocycles. The lowest BCUT2D eigenvalue weighted by atomic mass is 9.88. The average Bonchev–Trinajstić information content (AvgIpc) is 3.34. The molecule has 9 heteroatoms. The fraction of sp³-hybridized carbons (Fsp3) is 0.655. The van der Waals surface area contributed by atoms with Crippen molar-refractivity contribution in [3.63, 3.8) is 0 Å². The number of methoxy groups -OCH3 is 1.